The number of nitrogens with two attached hydrogens (primary N) is 3. The first-order chi connectivity index (χ1) is 15.4. The zero-order valence-corrected chi connectivity index (χ0v) is 17.9. The van der Waals surface area contributed by atoms with Crippen molar-refractivity contribution in [2.24, 2.45) is 7.05 Å². The van der Waals surface area contributed by atoms with E-state index in [1.165, 1.54) is 0 Å². The maximum Gasteiger partial charge on any atom is 0.222 e. The van der Waals surface area contributed by atoms with E-state index in [0.29, 0.717) is 5.82 Å². The molecule has 0 fully saturated rings. The summed E-state index contributed by atoms with van der Waals surface area (Å²) in [5, 5.41) is 6.72. The summed E-state index contributed by atoms with van der Waals surface area (Å²) in [5.41, 5.74) is 24.2. The van der Waals surface area contributed by atoms with Gasteiger partial charge < -0.3 is 22.5 Å². The summed E-state index contributed by atoms with van der Waals surface area (Å²) in [5.74, 6) is 0.896. The number of rotatable bonds is 3. The molecule has 3 aromatic carbocycles. The summed E-state index contributed by atoms with van der Waals surface area (Å²) < 4.78 is 2.18. The van der Waals surface area contributed by atoms with E-state index < -0.39 is 0 Å². The molecule has 0 unspecified atom stereocenters. The van der Waals surface area contributed by atoms with Crippen LogP contribution in [0.4, 0.5) is 28.8 Å². The molecule has 5 aromatic rings. The molecular weight excluding hydrogens is 398 g/mol. The maximum absolute atomic E-state index is 6.12. The predicted molar refractivity (Wildman–Crippen MR) is 131 cm³/mol. The molecule has 32 heavy (non-hydrogen) atoms. The summed E-state index contributed by atoms with van der Waals surface area (Å²) >= 11 is 0. The monoisotopic (exact) mass is 422 g/mol. The topological polar surface area (TPSA) is 120 Å². The Kier molecular flexibility index (Phi) is 4.52. The molecule has 0 amide bonds. The number of pyridine rings is 1. The van der Waals surface area contributed by atoms with Crippen LogP contribution in [0.5, 0.6) is 0 Å². The number of aromatic nitrogens is 3. The van der Waals surface area contributed by atoms with Crippen molar-refractivity contribution < 1.29 is 4.57 Å². The summed E-state index contributed by atoms with van der Waals surface area (Å²) in [6.45, 7) is 1.89. The third kappa shape index (κ3) is 3.39. The maximum atomic E-state index is 6.12. The van der Waals surface area contributed by atoms with Gasteiger partial charge in [-0.1, -0.05) is 6.07 Å². The van der Waals surface area contributed by atoms with E-state index >= 15 is 0 Å². The molecule has 158 valence electrons. The first-order valence-corrected chi connectivity index (χ1v) is 10.3. The zero-order chi connectivity index (χ0) is 22.4. The molecule has 0 aliphatic carbocycles. The number of nitrogens with zero attached hydrogens (tertiary/aromatic N) is 3. The SMILES string of the molecule is Cc1cc(Nc2ccc3c(c2)c(-c2ccc(N)cc2)[n+](C)c2cc(N)ccc32)nc(N)n1. The van der Waals surface area contributed by atoms with Crippen LogP contribution in [0.3, 0.4) is 0 Å². The predicted octanol–water partition coefficient (Wildman–Crippen LogP) is 4.07. The molecule has 0 saturated carbocycles. The molecule has 0 atom stereocenters. The van der Waals surface area contributed by atoms with Crippen LogP contribution in [0.1, 0.15) is 5.69 Å². The molecule has 7 heteroatoms. The standard InChI is InChI=1S/C25H23N7/c1-14-11-23(31-25(28)29-14)30-18-8-10-19-20-9-7-17(27)12-22(20)32(2)24(21(19)13-18)15-3-5-16(26)6-4-15/h3-13H,1-2H3,(H6,26,27,28,29,30,31)/p+1. The zero-order valence-electron chi connectivity index (χ0n) is 17.9. The first kappa shape index (κ1) is 19.6. The van der Waals surface area contributed by atoms with Crippen molar-refractivity contribution in [1.82, 2.24) is 9.97 Å². The van der Waals surface area contributed by atoms with Gasteiger partial charge in [0.05, 0.1) is 10.8 Å². The molecule has 0 radical (unpaired) electrons. The van der Waals surface area contributed by atoms with E-state index in [0.717, 1.165) is 55.7 Å². The number of aryl methyl sites for hydroxylation is 2. The number of hydrogen-bond donors (Lipinski definition) is 4. The molecular formula is C25H24N7+. The lowest BCUT2D eigenvalue weighted by Gasteiger charge is -2.13. The van der Waals surface area contributed by atoms with Crippen molar-refractivity contribution in [3.05, 3.63) is 72.4 Å². The number of nitrogens with one attached hydrogen (secondary N) is 1. The van der Waals surface area contributed by atoms with Gasteiger partial charge in [0.2, 0.25) is 17.2 Å². The van der Waals surface area contributed by atoms with E-state index in [1.54, 1.807) is 0 Å². The van der Waals surface area contributed by atoms with Gasteiger partial charge in [0.1, 0.15) is 12.9 Å². The highest BCUT2D eigenvalue weighted by molar-refractivity contribution is 6.10. The number of fused-ring (bicyclic) bond motifs is 3. The number of benzene rings is 3. The smallest absolute Gasteiger partial charge is 0.222 e. The lowest BCUT2D eigenvalue weighted by Crippen LogP contribution is -2.32. The quantitative estimate of drug-likeness (QED) is 0.198. The second-order valence-corrected chi connectivity index (χ2v) is 7.94. The van der Waals surface area contributed by atoms with Crippen LogP contribution < -0.4 is 27.1 Å². The fourth-order valence-corrected chi connectivity index (χ4v) is 4.20. The van der Waals surface area contributed by atoms with Crippen LogP contribution in [0.15, 0.2) is 66.7 Å². The van der Waals surface area contributed by atoms with Crippen LogP contribution >= 0.6 is 0 Å². The fourth-order valence-electron chi connectivity index (χ4n) is 4.20. The fraction of sp³-hybridized carbons (Fsp3) is 0.0800. The number of anilines is 5. The second kappa shape index (κ2) is 7.39. The molecule has 0 aliphatic heterocycles. The Morgan fingerprint density at radius 2 is 1.47 bits per heavy atom. The Morgan fingerprint density at radius 1 is 0.750 bits per heavy atom. The Labute approximate surface area is 185 Å². The summed E-state index contributed by atoms with van der Waals surface area (Å²) in [4.78, 5) is 8.44. The normalized spacial score (nSPS) is 11.2. The largest absolute Gasteiger partial charge is 0.399 e. The molecule has 0 spiro atoms. The summed E-state index contributed by atoms with van der Waals surface area (Å²) in [6, 6.07) is 22.1. The van der Waals surface area contributed by atoms with Gasteiger partial charge in [0.25, 0.3) is 0 Å². The molecule has 7 nitrogen and oxygen atoms in total. The van der Waals surface area contributed by atoms with Gasteiger partial charge in [-0.05, 0) is 55.5 Å². The van der Waals surface area contributed by atoms with Crippen molar-refractivity contribution in [2.75, 3.05) is 22.5 Å². The first-order valence-electron chi connectivity index (χ1n) is 10.3. The summed E-state index contributed by atoms with van der Waals surface area (Å²) in [7, 11) is 2.06. The van der Waals surface area contributed by atoms with Crippen LogP contribution in [0.2, 0.25) is 0 Å². The highest BCUT2D eigenvalue weighted by atomic mass is 15.1. The van der Waals surface area contributed by atoms with E-state index in [2.05, 4.69) is 45.1 Å². The third-order valence-electron chi connectivity index (χ3n) is 5.61. The van der Waals surface area contributed by atoms with Crippen molar-refractivity contribution in [3.8, 4) is 11.3 Å². The molecule has 2 heterocycles. The molecule has 7 N–H and O–H groups in total. The Morgan fingerprint density at radius 3 is 2.22 bits per heavy atom. The lowest BCUT2D eigenvalue weighted by atomic mass is 9.98. The third-order valence-corrected chi connectivity index (χ3v) is 5.61. The minimum atomic E-state index is 0.242. The highest BCUT2D eigenvalue weighted by Crippen LogP contribution is 2.34. The van der Waals surface area contributed by atoms with Crippen molar-refractivity contribution >= 4 is 50.5 Å². The van der Waals surface area contributed by atoms with Crippen molar-refractivity contribution in [2.45, 2.75) is 6.92 Å². The van der Waals surface area contributed by atoms with Gasteiger partial charge in [-0.25, -0.2) is 4.98 Å². The van der Waals surface area contributed by atoms with Crippen LogP contribution in [0.25, 0.3) is 32.9 Å². The average molecular weight is 423 g/mol. The Bertz CT molecular complexity index is 1470. The van der Waals surface area contributed by atoms with E-state index in [-0.39, 0.29) is 5.95 Å². The van der Waals surface area contributed by atoms with Crippen LogP contribution in [-0.4, -0.2) is 9.97 Å². The highest BCUT2D eigenvalue weighted by Gasteiger charge is 2.21. The van der Waals surface area contributed by atoms with Gasteiger partial charge in [0.15, 0.2) is 0 Å². The van der Waals surface area contributed by atoms with E-state index in [9.17, 15) is 0 Å². The van der Waals surface area contributed by atoms with Gasteiger partial charge in [-0.15, -0.1) is 0 Å². The van der Waals surface area contributed by atoms with E-state index in [4.69, 9.17) is 17.2 Å². The molecule has 5 rings (SSSR count). The molecule has 0 aliphatic rings. The van der Waals surface area contributed by atoms with E-state index in [1.807, 2.05) is 55.5 Å². The molecule has 0 bridgehead atoms. The second-order valence-electron chi connectivity index (χ2n) is 7.94. The van der Waals surface area contributed by atoms with Gasteiger partial charge in [0, 0.05) is 45.8 Å². The van der Waals surface area contributed by atoms with Crippen molar-refractivity contribution in [1.29, 1.82) is 0 Å². The van der Waals surface area contributed by atoms with Gasteiger partial charge >= 0.3 is 0 Å². The minimum absolute atomic E-state index is 0.242. The Balaban J connectivity index is 1.78. The van der Waals surface area contributed by atoms with Crippen LogP contribution in [0, 0.1) is 6.92 Å². The minimum Gasteiger partial charge on any atom is -0.399 e. The number of nitrogen functional groups attached to an aromatic ring is 3. The number of hydrogen-bond acceptors (Lipinski definition) is 6. The van der Waals surface area contributed by atoms with Crippen LogP contribution in [-0.2, 0) is 7.05 Å². The molecule has 2 aromatic heterocycles. The van der Waals surface area contributed by atoms with Crippen molar-refractivity contribution in [3.63, 3.8) is 0 Å². The lowest BCUT2D eigenvalue weighted by molar-refractivity contribution is -0.632. The van der Waals surface area contributed by atoms with Gasteiger partial charge in [-0.2, -0.15) is 9.55 Å². The van der Waals surface area contributed by atoms with Gasteiger partial charge in [-0.3, -0.25) is 0 Å². The Hall–Kier alpha value is -4.39. The average Bonchev–Trinajstić information content (AvgIpc) is 2.74. The summed E-state index contributed by atoms with van der Waals surface area (Å²) in [6.07, 6.45) is 0. The molecule has 0 saturated heterocycles.